The molecule has 10 heteroatoms. The Bertz CT molecular complexity index is 1350. The van der Waals surface area contributed by atoms with E-state index >= 15 is 0 Å². The minimum absolute atomic E-state index is 0.143. The van der Waals surface area contributed by atoms with Crippen LogP contribution in [0.4, 0.5) is 23.9 Å². The summed E-state index contributed by atoms with van der Waals surface area (Å²) in [6.45, 7) is 0. The van der Waals surface area contributed by atoms with E-state index in [-0.39, 0.29) is 11.3 Å². The van der Waals surface area contributed by atoms with E-state index in [0.717, 1.165) is 11.6 Å². The highest BCUT2D eigenvalue weighted by molar-refractivity contribution is 7.14. The first-order valence-corrected chi connectivity index (χ1v) is 11.0. The second-order valence-corrected chi connectivity index (χ2v) is 8.43. The molecule has 0 aliphatic heterocycles. The standard InChI is InChI=1S/C23H13Cl2F3N2O2S/c24-17-7-5-13(11-18(17)25)20-8-6-14(32-20)12-29-22-15(9-10-33-22)21(31)30-19-4-2-1-3-16(19)23(26,27)28/h1-12H,(H,30,31). The number of nitrogens with zero attached hydrogens (tertiary/aromatic N) is 1. The van der Waals surface area contributed by atoms with Crippen LogP contribution in [0.15, 0.2) is 75.5 Å². The van der Waals surface area contributed by atoms with Crippen molar-refractivity contribution in [3.8, 4) is 11.3 Å². The van der Waals surface area contributed by atoms with E-state index in [2.05, 4.69) is 10.3 Å². The van der Waals surface area contributed by atoms with Crippen LogP contribution in [0.25, 0.3) is 11.3 Å². The molecule has 0 unspecified atom stereocenters. The average Bonchev–Trinajstić information content (AvgIpc) is 3.43. The first-order valence-electron chi connectivity index (χ1n) is 9.37. The lowest BCUT2D eigenvalue weighted by atomic mass is 10.1. The van der Waals surface area contributed by atoms with Gasteiger partial charge >= 0.3 is 6.18 Å². The number of carbonyl (C=O) groups excluding carboxylic acids is 1. The Morgan fingerprint density at radius 2 is 1.82 bits per heavy atom. The molecular weight excluding hydrogens is 496 g/mol. The molecule has 2 heterocycles. The summed E-state index contributed by atoms with van der Waals surface area (Å²) < 4.78 is 45.3. The second-order valence-electron chi connectivity index (χ2n) is 6.73. The zero-order valence-corrected chi connectivity index (χ0v) is 18.8. The van der Waals surface area contributed by atoms with Gasteiger partial charge in [0, 0.05) is 5.56 Å². The Hall–Kier alpha value is -3.07. The fraction of sp³-hybridized carbons (Fsp3) is 0.0435. The van der Waals surface area contributed by atoms with Gasteiger partial charge in [0.05, 0.1) is 33.1 Å². The number of furan rings is 1. The summed E-state index contributed by atoms with van der Waals surface area (Å²) in [6, 6.07) is 14.8. The number of hydrogen-bond acceptors (Lipinski definition) is 4. The number of benzene rings is 2. The maximum Gasteiger partial charge on any atom is 0.418 e. The molecule has 0 saturated heterocycles. The molecule has 4 rings (SSSR count). The lowest BCUT2D eigenvalue weighted by molar-refractivity contribution is -0.136. The van der Waals surface area contributed by atoms with Crippen molar-refractivity contribution in [2.24, 2.45) is 4.99 Å². The average molecular weight is 509 g/mol. The maximum atomic E-state index is 13.2. The number of para-hydroxylation sites is 1. The Morgan fingerprint density at radius 1 is 1.03 bits per heavy atom. The van der Waals surface area contributed by atoms with Crippen LogP contribution >= 0.6 is 34.5 Å². The van der Waals surface area contributed by atoms with Gasteiger partial charge in [-0.1, -0.05) is 35.3 Å². The number of amides is 1. The number of aliphatic imine (C=N–C) groups is 1. The summed E-state index contributed by atoms with van der Waals surface area (Å²) in [6.07, 6.45) is -3.17. The molecule has 168 valence electrons. The summed E-state index contributed by atoms with van der Waals surface area (Å²) in [5.74, 6) is 0.261. The fourth-order valence-electron chi connectivity index (χ4n) is 2.95. The monoisotopic (exact) mass is 508 g/mol. The molecule has 1 N–H and O–H groups in total. The molecule has 0 aliphatic rings. The quantitative estimate of drug-likeness (QED) is 0.275. The number of halogens is 5. The Balaban J connectivity index is 1.52. The molecule has 2 aromatic heterocycles. The van der Waals surface area contributed by atoms with Gasteiger partial charge in [0.2, 0.25) is 0 Å². The minimum Gasteiger partial charge on any atom is -0.455 e. The second kappa shape index (κ2) is 9.43. The summed E-state index contributed by atoms with van der Waals surface area (Å²) >= 11 is 13.1. The molecule has 4 nitrogen and oxygen atoms in total. The van der Waals surface area contributed by atoms with Crippen LogP contribution in [0.2, 0.25) is 10.0 Å². The van der Waals surface area contributed by atoms with Gasteiger partial charge in [-0.2, -0.15) is 13.2 Å². The van der Waals surface area contributed by atoms with Crippen LogP contribution in [0.5, 0.6) is 0 Å². The number of carbonyl (C=O) groups is 1. The van der Waals surface area contributed by atoms with Gasteiger partial charge in [-0.25, -0.2) is 4.99 Å². The molecule has 4 aromatic rings. The number of nitrogens with one attached hydrogen (secondary N) is 1. The van der Waals surface area contributed by atoms with Crippen LogP contribution in [-0.4, -0.2) is 12.1 Å². The van der Waals surface area contributed by atoms with E-state index in [0.29, 0.717) is 26.6 Å². The molecular formula is C23H13Cl2F3N2O2S. The molecule has 0 bridgehead atoms. The van der Waals surface area contributed by atoms with Crippen molar-refractivity contribution in [3.63, 3.8) is 0 Å². The van der Waals surface area contributed by atoms with Crippen LogP contribution < -0.4 is 5.32 Å². The summed E-state index contributed by atoms with van der Waals surface area (Å²) in [7, 11) is 0. The van der Waals surface area contributed by atoms with Gasteiger partial charge in [-0.15, -0.1) is 11.3 Å². The summed E-state index contributed by atoms with van der Waals surface area (Å²) in [5.41, 5.74) is -0.384. The third-order valence-corrected chi connectivity index (χ3v) is 6.07. The van der Waals surface area contributed by atoms with E-state index in [9.17, 15) is 18.0 Å². The van der Waals surface area contributed by atoms with E-state index in [4.69, 9.17) is 27.6 Å². The number of rotatable bonds is 5. The topological polar surface area (TPSA) is 54.6 Å². The summed E-state index contributed by atoms with van der Waals surface area (Å²) in [4.78, 5) is 16.9. The van der Waals surface area contributed by atoms with E-state index < -0.39 is 17.6 Å². The van der Waals surface area contributed by atoms with Crippen LogP contribution in [0, 0.1) is 0 Å². The zero-order valence-electron chi connectivity index (χ0n) is 16.5. The Morgan fingerprint density at radius 3 is 2.58 bits per heavy atom. The molecule has 1 amide bonds. The predicted octanol–water partition coefficient (Wildman–Crippen LogP) is 8.34. The van der Waals surface area contributed by atoms with Crippen LogP contribution in [-0.2, 0) is 6.18 Å². The largest absolute Gasteiger partial charge is 0.455 e. The van der Waals surface area contributed by atoms with Gasteiger partial charge in [-0.3, -0.25) is 4.79 Å². The highest BCUT2D eigenvalue weighted by Gasteiger charge is 2.33. The van der Waals surface area contributed by atoms with Crippen LogP contribution in [0.1, 0.15) is 21.7 Å². The van der Waals surface area contributed by atoms with Crippen LogP contribution in [0.3, 0.4) is 0 Å². The third-order valence-electron chi connectivity index (χ3n) is 4.51. The molecule has 0 spiro atoms. The maximum absolute atomic E-state index is 13.2. The van der Waals surface area contributed by atoms with Gasteiger partial charge in [0.15, 0.2) is 0 Å². The minimum atomic E-state index is -4.59. The molecule has 33 heavy (non-hydrogen) atoms. The smallest absolute Gasteiger partial charge is 0.418 e. The lowest BCUT2D eigenvalue weighted by Crippen LogP contribution is -2.16. The Kier molecular flexibility index (Phi) is 6.60. The van der Waals surface area contributed by atoms with Crippen molar-refractivity contribution < 1.29 is 22.4 Å². The SMILES string of the molecule is O=C(Nc1ccccc1C(F)(F)F)c1ccsc1N=Cc1ccc(-c2ccc(Cl)c(Cl)c2)o1. The number of hydrogen-bond donors (Lipinski definition) is 1. The van der Waals surface area contributed by atoms with Gasteiger partial charge in [-0.05, 0) is 53.9 Å². The van der Waals surface area contributed by atoms with E-state index in [1.165, 1.54) is 41.8 Å². The first kappa shape index (κ1) is 23.1. The molecule has 2 aromatic carbocycles. The van der Waals surface area contributed by atoms with Crippen molar-refractivity contribution in [1.82, 2.24) is 0 Å². The molecule has 0 atom stereocenters. The fourth-order valence-corrected chi connectivity index (χ4v) is 3.98. The first-order chi connectivity index (χ1) is 15.7. The number of anilines is 1. The molecule has 0 fully saturated rings. The van der Waals surface area contributed by atoms with Crippen molar-refractivity contribution >= 4 is 57.3 Å². The highest BCUT2D eigenvalue weighted by atomic mass is 35.5. The zero-order chi connectivity index (χ0) is 23.6. The van der Waals surface area contributed by atoms with Crippen molar-refractivity contribution in [3.05, 3.63) is 93.0 Å². The van der Waals surface area contributed by atoms with Gasteiger partial charge in [0.25, 0.3) is 5.91 Å². The number of thiophene rings is 1. The van der Waals surface area contributed by atoms with Crippen molar-refractivity contribution in [2.45, 2.75) is 6.18 Å². The lowest BCUT2D eigenvalue weighted by Gasteiger charge is -2.13. The van der Waals surface area contributed by atoms with Gasteiger partial charge < -0.3 is 9.73 Å². The molecule has 0 aliphatic carbocycles. The normalized spacial score (nSPS) is 11.8. The number of alkyl halides is 3. The van der Waals surface area contributed by atoms with E-state index in [1.807, 2.05) is 0 Å². The highest BCUT2D eigenvalue weighted by Crippen LogP contribution is 2.36. The van der Waals surface area contributed by atoms with Crippen molar-refractivity contribution in [2.75, 3.05) is 5.32 Å². The molecule has 0 saturated carbocycles. The predicted molar refractivity (Wildman–Crippen MR) is 125 cm³/mol. The summed E-state index contributed by atoms with van der Waals surface area (Å²) in [5, 5.41) is 5.09. The van der Waals surface area contributed by atoms with Crippen molar-refractivity contribution in [1.29, 1.82) is 0 Å². The molecule has 0 radical (unpaired) electrons. The third kappa shape index (κ3) is 5.30. The Labute approximate surface area is 200 Å². The van der Waals surface area contributed by atoms with E-state index in [1.54, 1.807) is 35.7 Å². The van der Waals surface area contributed by atoms with Gasteiger partial charge in [0.1, 0.15) is 16.5 Å².